The molecule has 0 aliphatic heterocycles. The molecule has 1 aromatic rings. The van der Waals surface area contributed by atoms with Crippen LogP contribution in [0.4, 0.5) is 26.3 Å². The van der Waals surface area contributed by atoms with Crippen LogP contribution in [0.1, 0.15) is 25.3 Å². The molecule has 0 fully saturated rings. The minimum atomic E-state index is -5.09. The monoisotopic (exact) mass is 403 g/mol. The molecule has 0 aliphatic rings. The molecule has 3 N–H and O–H groups in total. The lowest BCUT2D eigenvalue weighted by Crippen LogP contribution is -2.25. The van der Waals surface area contributed by atoms with Gasteiger partial charge in [-0.25, -0.2) is 0 Å². The maximum absolute atomic E-state index is 12.5. The Morgan fingerprint density at radius 2 is 1.74 bits per heavy atom. The predicted octanol–water partition coefficient (Wildman–Crippen LogP) is 4.10. The van der Waals surface area contributed by atoms with Crippen LogP contribution in [0.3, 0.4) is 0 Å². The first-order chi connectivity index (χ1) is 12.3. The van der Waals surface area contributed by atoms with Crippen molar-refractivity contribution in [2.75, 3.05) is 6.54 Å². The van der Waals surface area contributed by atoms with E-state index in [1.165, 1.54) is 0 Å². The van der Waals surface area contributed by atoms with Gasteiger partial charge in [0.05, 0.1) is 5.92 Å². The van der Waals surface area contributed by atoms with Gasteiger partial charge < -0.3 is 20.3 Å². The van der Waals surface area contributed by atoms with Crippen LogP contribution in [0, 0.1) is 11.8 Å². The second-order valence-corrected chi connectivity index (χ2v) is 6.02. The number of aliphatic carboxylic acids is 1. The van der Waals surface area contributed by atoms with Gasteiger partial charge in [0.15, 0.2) is 0 Å². The van der Waals surface area contributed by atoms with Crippen molar-refractivity contribution in [2.24, 2.45) is 17.6 Å². The molecule has 0 aliphatic carbocycles. The van der Waals surface area contributed by atoms with Crippen LogP contribution in [-0.2, 0) is 11.2 Å². The molecule has 0 radical (unpaired) electrons. The third-order valence-electron chi connectivity index (χ3n) is 3.73. The molecule has 0 aromatic heterocycles. The second kappa shape index (κ2) is 9.16. The quantitative estimate of drug-likeness (QED) is 0.607. The third-order valence-corrected chi connectivity index (χ3v) is 3.73. The molecule has 0 heterocycles. The van der Waals surface area contributed by atoms with Crippen LogP contribution < -0.4 is 15.2 Å². The molecule has 0 saturated carbocycles. The number of carboxylic acids is 1. The van der Waals surface area contributed by atoms with Gasteiger partial charge in [-0.3, -0.25) is 4.79 Å². The van der Waals surface area contributed by atoms with E-state index in [2.05, 4.69) is 9.47 Å². The third kappa shape index (κ3) is 8.85. The molecule has 2 unspecified atom stereocenters. The first kappa shape index (κ1) is 22.9. The maximum Gasteiger partial charge on any atom is 0.573 e. The number of benzene rings is 1. The summed E-state index contributed by atoms with van der Waals surface area (Å²) in [6.45, 7) is 1.63. The molecule has 0 saturated heterocycles. The normalized spacial score (nSPS) is 14.5. The van der Waals surface area contributed by atoms with Crippen molar-refractivity contribution in [1.29, 1.82) is 0 Å². The molecule has 11 heteroatoms. The van der Waals surface area contributed by atoms with Crippen LogP contribution in [0.15, 0.2) is 18.2 Å². The highest BCUT2D eigenvalue weighted by molar-refractivity contribution is 5.70. The summed E-state index contributed by atoms with van der Waals surface area (Å²) in [6, 6.07) is 2.45. The Kier molecular flexibility index (Phi) is 7.76. The molecular formula is C16H19F6NO4. The highest BCUT2D eigenvalue weighted by Gasteiger charge is 2.34. The van der Waals surface area contributed by atoms with Crippen molar-refractivity contribution in [1.82, 2.24) is 0 Å². The van der Waals surface area contributed by atoms with E-state index in [1.54, 1.807) is 6.92 Å². The average molecular weight is 403 g/mol. The van der Waals surface area contributed by atoms with Crippen LogP contribution in [0.2, 0.25) is 0 Å². The highest BCUT2D eigenvalue weighted by Crippen LogP contribution is 2.34. The standard InChI is InChI=1S/C16H19F6NO4/c1-9(6-11(8-23)14(24)25)2-3-10-4-5-12(26-15(17,18)19)7-13(10)27-16(20,21)22/h4-5,7,9,11H,2-3,6,8,23H2,1H3,(H,24,25). The van der Waals surface area contributed by atoms with E-state index in [0.29, 0.717) is 6.07 Å². The van der Waals surface area contributed by atoms with Crippen LogP contribution in [0.25, 0.3) is 0 Å². The van der Waals surface area contributed by atoms with Crippen LogP contribution in [0.5, 0.6) is 11.5 Å². The minimum absolute atomic E-state index is 0.0216. The molecule has 0 amide bonds. The van der Waals surface area contributed by atoms with Gasteiger partial charge >= 0.3 is 18.7 Å². The molecule has 154 valence electrons. The molecule has 1 rings (SSSR count). The summed E-state index contributed by atoms with van der Waals surface area (Å²) < 4.78 is 81.7. The average Bonchev–Trinajstić information content (AvgIpc) is 2.48. The maximum atomic E-state index is 12.5. The van der Waals surface area contributed by atoms with Gasteiger partial charge in [-0.15, -0.1) is 26.3 Å². The summed E-state index contributed by atoms with van der Waals surface area (Å²) in [6.07, 6.45) is -9.60. The van der Waals surface area contributed by atoms with Crippen molar-refractivity contribution in [3.63, 3.8) is 0 Å². The Morgan fingerprint density at radius 3 is 2.22 bits per heavy atom. The molecule has 5 nitrogen and oxygen atoms in total. The number of alkyl halides is 6. The van der Waals surface area contributed by atoms with Crippen molar-refractivity contribution in [3.8, 4) is 11.5 Å². The fourth-order valence-electron chi connectivity index (χ4n) is 2.46. The van der Waals surface area contributed by atoms with Crippen LogP contribution >= 0.6 is 0 Å². The molecule has 0 spiro atoms. The Morgan fingerprint density at radius 1 is 1.15 bits per heavy atom. The Bertz CT molecular complexity index is 632. The van der Waals surface area contributed by atoms with E-state index < -0.39 is 36.1 Å². The number of carbonyl (C=O) groups is 1. The van der Waals surface area contributed by atoms with Gasteiger partial charge in [0.25, 0.3) is 0 Å². The lowest BCUT2D eigenvalue weighted by atomic mass is 9.91. The van der Waals surface area contributed by atoms with Gasteiger partial charge in [0.2, 0.25) is 0 Å². The second-order valence-electron chi connectivity index (χ2n) is 6.02. The number of carboxylic acid groups (broad SMARTS) is 1. The first-order valence-electron chi connectivity index (χ1n) is 7.88. The van der Waals surface area contributed by atoms with E-state index in [0.717, 1.165) is 12.1 Å². The summed E-state index contributed by atoms with van der Waals surface area (Å²) in [5.41, 5.74) is 5.38. The lowest BCUT2D eigenvalue weighted by Gasteiger charge is -2.18. The molecule has 27 heavy (non-hydrogen) atoms. The van der Waals surface area contributed by atoms with Gasteiger partial charge in [-0.1, -0.05) is 13.0 Å². The Labute approximate surface area is 151 Å². The van der Waals surface area contributed by atoms with E-state index in [1.807, 2.05) is 0 Å². The van der Waals surface area contributed by atoms with Crippen LogP contribution in [-0.4, -0.2) is 30.3 Å². The zero-order valence-electron chi connectivity index (χ0n) is 14.2. The van der Waals surface area contributed by atoms with Gasteiger partial charge in [-0.05, 0) is 36.8 Å². The van der Waals surface area contributed by atoms with Crippen molar-refractivity contribution >= 4 is 5.97 Å². The fourth-order valence-corrected chi connectivity index (χ4v) is 2.46. The molecule has 2 atom stereocenters. The first-order valence-corrected chi connectivity index (χ1v) is 7.88. The van der Waals surface area contributed by atoms with E-state index in [4.69, 9.17) is 10.8 Å². The zero-order chi connectivity index (χ0) is 20.8. The molecule has 1 aromatic carbocycles. The van der Waals surface area contributed by atoms with E-state index >= 15 is 0 Å². The lowest BCUT2D eigenvalue weighted by molar-refractivity contribution is -0.276. The summed E-state index contributed by atoms with van der Waals surface area (Å²) in [4.78, 5) is 11.0. The number of nitrogens with two attached hydrogens (primary N) is 1. The SMILES string of the molecule is CC(CCc1ccc(OC(F)(F)F)cc1OC(F)(F)F)CC(CN)C(=O)O. The topological polar surface area (TPSA) is 81.8 Å². The summed E-state index contributed by atoms with van der Waals surface area (Å²) in [5.74, 6) is -3.69. The fraction of sp³-hybridized carbons (Fsp3) is 0.562. The number of ether oxygens (including phenoxy) is 2. The van der Waals surface area contributed by atoms with Crippen molar-refractivity contribution in [2.45, 2.75) is 38.9 Å². The molecule has 0 bridgehead atoms. The molecular weight excluding hydrogens is 384 g/mol. The zero-order valence-corrected chi connectivity index (χ0v) is 14.2. The highest BCUT2D eigenvalue weighted by atomic mass is 19.4. The summed E-state index contributed by atoms with van der Waals surface area (Å²) in [5, 5.41) is 8.97. The summed E-state index contributed by atoms with van der Waals surface area (Å²) >= 11 is 0. The Balaban J connectivity index is 2.90. The van der Waals surface area contributed by atoms with E-state index in [9.17, 15) is 31.1 Å². The van der Waals surface area contributed by atoms with Gasteiger partial charge in [-0.2, -0.15) is 0 Å². The largest absolute Gasteiger partial charge is 0.573 e. The predicted molar refractivity (Wildman–Crippen MR) is 82.1 cm³/mol. The number of halogens is 6. The minimum Gasteiger partial charge on any atom is -0.481 e. The smallest absolute Gasteiger partial charge is 0.481 e. The Hall–Kier alpha value is -2.17. The summed E-state index contributed by atoms with van der Waals surface area (Å²) in [7, 11) is 0. The van der Waals surface area contributed by atoms with E-state index in [-0.39, 0.29) is 37.3 Å². The number of rotatable bonds is 9. The number of hydrogen-bond acceptors (Lipinski definition) is 4. The van der Waals surface area contributed by atoms with Gasteiger partial charge in [0.1, 0.15) is 11.5 Å². The number of aryl methyl sites for hydroxylation is 1. The van der Waals surface area contributed by atoms with Gasteiger partial charge in [0, 0.05) is 12.6 Å². The number of hydrogen-bond donors (Lipinski definition) is 2. The van der Waals surface area contributed by atoms with Crippen molar-refractivity contribution < 1.29 is 45.7 Å². The van der Waals surface area contributed by atoms with Crippen molar-refractivity contribution in [3.05, 3.63) is 23.8 Å².